The Kier molecular flexibility index (Phi) is 4.85. The highest BCUT2D eigenvalue weighted by Gasteiger charge is 2.15. The fourth-order valence-electron chi connectivity index (χ4n) is 1.34. The Morgan fingerprint density at radius 3 is 2.71 bits per heavy atom. The Morgan fingerprint density at radius 2 is 2.18 bits per heavy atom. The molecule has 0 aliphatic rings. The van der Waals surface area contributed by atoms with Crippen LogP contribution in [-0.2, 0) is 0 Å². The van der Waals surface area contributed by atoms with Crippen LogP contribution in [0.15, 0.2) is 12.4 Å². The van der Waals surface area contributed by atoms with Crippen LogP contribution in [0.5, 0.6) is 0 Å². The zero-order valence-electron chi connectivity index (χ0n) is 10.3. The number of nitrogens with zero attached hydrogens (tertiary/aromatic N) is 3. The number of nitriles is 1. The monoisotopic (exact) mass is 234 g/mol. The molecule has 5 nitrogen and oxygen atoms in total. The number of aliphatic hydroxyl groups excluding tert-OH is 1. The third kappa shape index (κ3) is 4.79. The van der Waals surface area contributed by atoms with Crippen molar-refractivity contribution < 1.29 is 5.11 Å². The Labute approximate surface area is 102 Å². The van der Waals surface area contributed by atoms with Crippen molar-refractivity contribution in [2.45, 2.75) is 26.7 Å². The van der Waals surface area contributed by atoms with Gasteiger partial charge in [-0.2, -0.15) is 5.26 Å². The summed E-state index contributed by atoms with van der Waals surface area (Å²) in [6.07, 6.45) is 4.89. The van der Waals surface area contributed by atoms with Crippen LogP contribution in [0.1, 0.15) is 32.4 Å². The number of aliphatic hydroxyl groups is 1. The van der Waals surface area contributed by atoms with Gasteiger partial charge in [-0.3, -0.25) is 0 Å². The van der Waals surface area contributed by atoms with E-state index in [-0.39, 0.29) is 12.0 Å². The molecule has 0 unspecified atom stereocenters. The summed E-state index contributed by atoms with van der Waals surface area (Å²) in [5.74, 6) is 0.672. The first-order chi connectivity index (χ1) is 8.07. The van der Waals surface area contributed by atoms with Crippen LogP contribution >= 0.6 is 0 Å². The summed E-state index contributed by atoms with van der Waals surface area (Å²) in [6, 6.07) is 1.92. The summed E-state index contributed by atoms with van der Waals surface area (Å²) < 4.78 is 0. The number of hydrogen-bond donors (Lipinski definition) is 2. The van der Waals surface area contributed by atoms with Crippen LogP contribution in [0.25, 0.3) is 0 Å². The average Bonchev–Trinajstić information content (AvgIpc) is 2.35. The third-order valence-electron chi connectivity index (χ3n) is 2.53. The molecule has 1 aromatic heterocycles. The van der Waals surface area contributed by atoms with Gasteiger partial charge in [0.25, 0.3) is 0 Å². The zero-order chi connectivity index (χ0) is 12.7. The van der Waals surface area contributed by atoms with Crippen molar-refractivity contribution >= 4 is 5.82 Å². The van der Waals surface area contributed by atoms with E-state index in [9.17, 15) is 0 Å². The molecule has 0 spiro atoms. The Balaban J connectivity index is 2.29. The number of hydrogen-bond acceptors (Lipinski definition) is 5. The minimum atomic E-state index is -0.0297. The molecule has 0 aliphatic heterocycles. The first kappa shape index (κ1) is 13.4. The molecule has 0 amide bonds. The minimum Gasteiger partial charge on any atom is -0.396 e. The maximum Gasteiger partial charge on any atom is 0.158 e. The molecule has 1 rings (SSSR count). The van der Waals surface area contributed by atoms with Crippen LogP contribution in [0.3, 0.4) is 0 Å². The van der Waals surface area contributed by atoms with Gasteiger partial charge in [-0.15, -0.1) is 0 Å². The van der Waals surface area contributed by atoms with Gasteiger partial charge < -0.3 is 10.4 Å². The molecule has 0 radical (unpaired) electrons. The SMILES string of the molecule is CC(C)(CO)CCCNc1cnc(C#N)cn1. The van der Waals surface area contributed by atoms with E-state index in [4.69, 9.17) is 10.4 Å². The van der Waals surface area contributed by atoms with Crippen molar-refractivity contribution in [3.8, 4) is 6.07 Å². The topological polar surface area (TPSA) is 81.8 Å². The van der Waals surface area contributed by atoms with Gasteiger partial charge in [0.05, 0.1) is 12.4 Å². The highest BCUT2D eigenvalue weighted by molar-refractivity contribution is 5.32. The highest BCUT2D eigenvalue weighted by atomic mass is 16.3. The van der Waals surface area contributed by atoms with Gasteiger partial charge >= 0.3 is 0 Å². The second kappa shape index (κ2) is 6.16. The molecule has 1 heterocycles. The molecule has 92 valence electrons. The molecular weight excluding hydrogens is 216 g/mol. The van der Waals surface area contributed by atoms with Gasteiger partial charge in [-0.1, -0.05) is 13.8 Å². The van der Waals surface area contributed by atoms with Gasteiger partial charge in [0.2, 0.25) is 0 Å². The van der Waals surface area contributed by atoms with Crippen molar-refractivity contribution in [2.24, 2.45) is 5.41 Å². The maximum absolute atomic E-state index is 9.09. The lowest BCUT2D eigenvalue weighted by molar-refractivity contribution is 0.149. The predicted molar refractivity (Wildman–Crippen MR) is 65.3 cm³/mol. The first-order valence-corrected chi connectivity index (χ1v) is 5.64. The second-order valence-corrected chi connectivity index (χ2v) is 4.75. The molecule has 0 aliphatic carbocycles. The Morgan fingerprint density at radius 1 is 1.41 bits per heavy atom. The van der Waals surface area contributed by atoms with Gasteiger partial charge in [-0.25, -0.2) is 9.97 Å². The van der Waals surface area contributed by atoms with E-state index in [0.29, 0.717) is 11.5 Å². The summed E-state index contributed by atoms with van der Waals surface area (Å²) in [7, 11) is 0. The normalized spacial score (nSPS) is 10.9. The van der Waals surface area contributed by atoms with Gasteiger partial charge in [0.1, 0.15) is 11.9 Å². The van der Waals surface area contributed by atoms with E-state index < -0.39 is 0 Å². The molecule has 0 aromatic carbocycles. The first-order valence-electron chi connectivity index (χ1n) is 5.64. The van der Waals surface area contributed by atoms with Crippen molar-refractivity contribution in [2.75, 3.05) is 18.5 Å². The van der Waals surface area contributed by atoms with E-state index in [1.807, 2.05) is 19.9 Å². The summed E-state index contributed by atoms with van der Waals surface area (Å²) >= 11 is 0. The summed E-state index contributed by atoms with van der Waals surface area (Å²) in [4.78, 5) is 7.97. The molecule has 17 heavy (non-hydrogen) atoms. The predicted octanol–water partition coefficient (Wildman–Crippen LogP) is 1.56. The van der Waals surface area contributed by atoms with E-state index in [0.717, 1.165) is 19.4 Å². The van der Waals surface area contributed by atoms with Crippen LogP contribution in [-0.4, -0.2) is 28.2 Å². The molecule has 0 atom stereocenters. The third-order valence-corrected chi connectivity index (χ3v) is 2.53. The number of aromatic nitrogens is 2. The minimum absolute atomic E-state index is 0.0297. The fourth-order valence-corrected chi connectivity index (χ4v) is 1.34. The zero-order valence-corrected chi connectivity index (χ0v) is 10.3. The van der Waals surface area contributed by atoms with E-state index in [1.165, 1.54) is 6.20 Å². The lowest BCUT2D eigenvalue weighted by atomic mass is 9.89. The Hall–Kier alpha value is -1.67. The van der Waals surface area contributed by atoms with Gasteiger partial charge in [0, 0.05) is 13.2 Å². The lowest BCUT2D eigenvalue weighted by Gasteiger charge is -2.21. The largest absolute Gasteiger partial charge is 0.396 e. The quantitative estimate of drug-likeness (QED) is 0.730. The van der Waals surface area contributed by atoms with Crippen LogP contribution in [0, 0.1) is 16.7 Å². The standard InChI is InChI=1S/C12H18N4O/c1-12(2,9-17)4-3-5-14-11-8-15-10(6-13)7-16-11/h7-8,17H,3-5,9H2,1-2H3,(H,14,16). The molecule has 0 bridgehead atoms. The van der Waals surface area contributed by atoms with E-state index in [1.54, 1.807) is 6.20 Å². The lowest BCUT2D eigenvalue weighted by Crippen LogP contribution is -2.18. The number of nitrogens with one attached hydrogen (secondary N) is 1. The van der Waals surface area contributed by atoms with Crippen LogP contribution < -0.4 is 5.32 Å². The number of anilines is 1. The maximum atomic E-state index is 9.09. The highest BCUT2D eigenvalue weighted by Crippen LogP contribution is 2.20. The molecular formula is C12H18N4O. The van der Waals surface area contributed by atoms with Gasteiger partial charge in [0.15, 0.2) is 5.69 Å². The van der Waals surface area contributed by atoms with Gasteiger partial charge in [-0.05, 0) is 18.3 Å². The van der Waals surface area contributed by atoms with Crippen molar-refractivity contribution in [3.63, 3.8) is 0 Å². The average molecular weight is 234 g/mol. The molecule has 0 saturated carbocycles. The van der Waals surface area contributed by atoms with E-state index in [2.05, 4.69) is 15.3 Å². The second-order valence-electron chi connectivity index (χ2n) is 4.75. The van der Waals surface area contributed by atoms with E-state index >= 15 is 0 Å². The van der Waals surface area contributed by atoms with Crippen molar-refractivity contribution in [1.82, 2.24) is 9.97 Å². The van der Waals surface area contributed by atoms with Crippen molar-refractivity contribution in [1.29, 1.82) is 5.26 Å². The van der Waals surface area contributed by atoms with Crippen molar-refractivity contribution in [3.05, 3.63) is 18.1 Å². The summed E-state index contributed by atoms with van der Waals surface area (Å²) in [6.45, 7) is 5.05. The summed E-state index contributed by atoms with van der Waals surface area (Å²) in [5, 5.41) is 20.8. The number of rotatable bonds is 6. The Bertz CT molecular complexity index is 380. The molecule has 1 aromatic rings. The molecule has 5 heteroatoms. The van der Waals surface area contributed by atoms with Crippen LogP contribution in [0.2, 0.25) is 0 Å². The summed E-state index contributed by atoms with van der Waals surface area (Å²) in [5.41, 5.74) is 0.287. The van der Waals surface area contributed by atoms with Crippen LogP contribution in [0.4, 0.5) is 5.82 Å². The molecule has 0 saturated heterocycles. The smallest absolute Gasteiger partial charge is 0.158 e. The molecule has 2 N–H and O–H groups in total. The molecule has 0 fully saturated rings. The fraction of sp³-hybridized carbons (Fsp3) is 0.583.